The Bertz CT molecular complexity index is 1010. The van der Waals surface area contributed by atoms with Gasteiger partial charge in [-0.2, -0.15) is 5.10 Å². The molecule has 130 valence electrons. The van der Waals surface area contributed by atoms with E-state index < -0.39 is 0 Å². The van der Waals surface area contributed by atoms with Gasteiger partial charge in [-0.05, 0) is 35.0 Å². The molecule has 0 bridgehead atoms. The number of carbonyl (C=O) groups is 1. The van der Waals surface area contributed by atoms with Crippen LogP contribution in [0, 0.1) is 0 Å². The lowest BCUT2D eigenvalue weighted by Crippen LogP contribution is -2.19. The molecule has 0 saturated heterocycles. The number of benzene rings is 3. The van der Waals surface area contributed by atoms with Crippen molar-refractivity contribution in [2.45, 2.75) is 0 Å². The number of phenols is 1. The maximum atomic E-state index is 12.3. The summed E-state index contributed by atoms with van der Waals surface area (Å²) in [4.78, 5) is 12.3. The van der Waals surface area contributed by atoms with Crippen LogP contribution in [-0.4, -0.2) is 30.4 Å². The molecule has 6 nitrogen and oxygen atoms in total. The maximum absolute atomic E-state index is 12.3. The predicted molar refractivity (Wildman–Crippen MR) is 98.1 cm³/mol. The molecule has 26 heavy (non-hydrogen) atoms. The molecule has 1 heterocycles. The maximum Gasteiger partial charge on any atom is 0.271 e. The van der Waals surface area contributed by atoms with Crippen molar-refractivity contribution in [2.75, 3.05) is 13.2 Å². The van der Waals surface area contributed by atoms with Crippen molar-refractivity contribution < 1.29 is 19.4 Å². The van der Waals surface area contributed by atoms with E-state index in [4.69, 9.17) is 9.47 Å². The fourth-order valence-corrected chi connectivity index (χ4v) is 2.82. The Kier molecular flexibility index (Phi) is 4.15. The van der Waals surface area contributed by atoms with Gasteiger partial charge in [-0.25, -0.2) is 5.43 Å². The van der Waals surface area contributed by atoms with Gasteiger partial charge in [0.15, 0.2) is 11.5 Å². The number of hydrazone groups is 1. The van der Waals surface area contributed by atoms with Gasteiger partial charge in [0.1, 0.15) is 19.0 Å². The van der Waals surface area contributed by atoms with E-state index in [1.54, 1.807) is 24.3 Å². The van der Waals surface area contributed by atoms with Gasteiger partial charge in [-0.1, -0.05) is 30.3 Å². The normalized spacial score (nSPS) is 13.1. The standard InChI is InChI=1S/C20H16N2O4/c23-17-7-5-13-3-1-2-4-15(13)16(17)12-21-22-20(24)14-6-8-18-19(11-14)26-10-9-25-18/h1-8,11-12,23H,9-10H2,(H,22,24)/b21-12-. The molecular formula is C20H16N2O4. The molecule has 2 N–H and O–H groups in total. The van der Waals surface area contributed by atoms with Crippen molar-refractivity contribution >= 4 is 22.9 Å². The summed E-state index contributed by atoms with van der Waals surface area (Å²) in [5, 5.41) is 15.9. The van der Waals surface area contributed by atoms with E-state index in [0.717, 1.165) is 10.8 Å². The largest absolute Gasteiger partial charge is 0.507 e. The number of phenolic OH excluding ortho intramolecular Hbond substituents is 1. The van der Waals surface area contributed by atoms with Gasteiger partial charge in [0, 0.05) is 11.1 Å². The topological polar surface area (TPSA) is 80.2 Å². The summed E-state index contributed by atoms with van der Waals surface area (Å²) in [6.45, 7) is 0.952. The minimum atomic E-state index is -0.377. The fraction of sp³-hybridized carbons (Fsp3) is 0.100. The van der Waals surface area contributed by atoms with E-state index in [0.29, 0.717) is 35.8 Å². The summed E-state index contributed by atoms with van der Waals surface area (Å²) in [7, 11) is 0. The minimum absolute atomic E-state index is 0.0982. The van der Waals surface area contributed by atoms with Gasteiger partial charge in [0.05, 0.1) is 6.21 Å². The fourth-order valence-electron chi connectivity index (χ4n) is 2.82. The predicted octanol–water partition coefficient (Wildman–Crippen LogP) is 3.08. The van der Waals surface area contributed by atoms with Crippen LogP contribution in [0.25, 0.3) is 10.8 Å². The third-order valence-electron chi connectivity index (χ3n) is 4.11. The number of carbonyl (C=O) groups excluding carboxylic acids is 1. The Hall–Kier alpha value is -3.54. The third kappa shape index (κ3) is 3.04. The molecule has 0 radical (unpaired) electrons. The summed E-state index contributed by atoms with van der Waals surface area (Å²) in [6, 6.07) is 16.0. The molecule has 6 heteroatoms. The van der Waals surface area contributed by atoms with E-state index >= 15 is 0 Å². The zero-order valence-electron chi connectivity index (χ0n) is 13.8. The molecule has 0 unspecified atom stereocenters. The first-order valence-corrected chi connectivity index (χ1v) is 8.16. The molecule has 0 saturated carbocycles. The Morgan fingerprint density at radius 1 is 1.04 bits per heavy atom. The molecule has 1 aliphatic rings. The lowest BCUT2D eigenvalue weighted by atomic mass is 10.0. The van der Waals surface area contributed by atoms with Crippen LogP contribution in [-0.2, 0) is 0 Å². The quantitative estimate of drug-likeness (QED) is 0.563. The SMILES string of the molecule is O=C(N/N=C\c1c(O)ccc2ccccc12)c1ccc2c(c1)OCCO2. The van der Waals surface area contributed by atoms with Crippen LogP contribution in [0.5, 0.6) is 17.2 Å². The summed E-state index contributed by atoms with van der Waals surface area (Å²) in [5.74, 6) is 0.885. The van der Waals surface area contributed by atoms with Crippen LogP contribution in [0.2, 0.25) is 0 Å². The van der Waals surface area contributed by atoms with Crippen molar-refractivity contribution in [3.63, 3.8) is 0 Å². The third-order valence-corrected chi connectivity index (χ3v) is 4.11. The zero-order valence-corrected chi connectivity index (χ0v) is 13.8. The minimum Gasteiger partial charge on any atom is -0.507 e. The first-order chi connectivity index (χ1) is 12.7. The smallest absolute Gasteiger partial charge is 0.271 e. The molecular weight excluding hydrogens is 332 g/mol. The van der Waals surface area contributed by atoms with E-state index in [1.807, 2.05) is 30.3 Å². The highest BCUT2D eigenvalue weighted by molar-refractivity contribution is 6.03. The molecule has 3 aromatic rings. The number of aromatic hydroxyl groups is 1. The number of ether oxygens (including phenoxy) is 2. The Balaban J connectivity index is 1.54. The van der Waals surface area contributed by atoms with Crippen LogP contribution in [0.15, 0.2) is 59.7 Å². The molecule has 0 spiro atoms. The first kappa shape index (κ1) is 16.0. The number of rotatable bonds is 3. The monoisotopic (exact) mass is 348 g/mol. The summed E-state index contributed by atoms with van der Waals surface area (Å²) >= 11 is 0. The van der Waals surface area contributed by atoms with E-state index in [1.165, 1.54) is 6.21 Å². The van der Waals surface area contributed by atoms with E-state index in [2.05, 4.69) is 10.5 Å². The molecule has 4 rings (SSSR count). The molecule has 3 aromatic carbocycles. The second-order valence-corrected chi connectivity index (χ2v) is 5.78. The van der Waals surface area contributed by atoms with Gasteiger partial charge < -0.3 is 14.6 Å². The van der Waals surface area contributed by atoms with Crippen LogP contribution in [0.3, 0.4) is 0 Å². The number of nitrogens with one attached hydrogen (secondary N) is 1. The van der Waals surface area contributed by atoms with Gasteiger partial charge in [-0.3, -0.25) is 4.79 Å². The number of fused-ring (bicyclic) bond motifs is 2. The molecule has 0 fully saturated rings. The van der Waals surface area contributed by atoms with Crippen molar-refractivity contribution in [3.8, 4) is 17.2 Å². The van der Waals surface area contributed by atoms with Crippen molar-refractivity contribution in [2.24, 2.45) is 5.10 Å². The summed E-state index contributed by atoms with van der Waals surface area (Å²) in [6.07, 6.45) is 1.44. The van der Waals surface area contributed by atoms with Gasteiger partial charge in [-0.15, -0.1) is 0 Å². The molecule has 0 aromatic heterocycles. The average Bonchev–Trinajstić information content (AvgIpc) is 2.69. The molecule has 0 aliphatic carbocycles. The van der Waals surface area contributed by atoms with Gasteiger partial charge in [0.25, 0.3) is 5.91 Å². The number of hydrogen-bond acceptors (Lipinski definition) is 5. The number of amides is 1. The second kappa shape index (κ2) is 6.76. The average molecular weight is 348 g/mol. The first-order valence-electron chi connectivity index (χ1n) is 8.16. The molecule has 1 amide bonds. The second-order valence-electron chi connectivity index (χ2n) is 5.78. The van der Waals surface area contributed by atoms with Crippen LogP contribution >= 0.6 is 0 Å². The highest BCUT2D eigenvalue weighted by Gasteiger charge is 2.14. The lowest BCUT2D eigenvalue weighted by molar-refractivity contribution is 0.0954. The Morgan fingerprint density at radius 3 is 2.73 bits per heavy atom. The summed E-state index contributed by atoms with van der Waals surface area (Å²) in [5.41, 5.74) is 3.43. The number of nitrogens with zero attached hydrogens (tertiary/aromatic N) is 1. The van der Waals surface area contributed by atoms with Gasteiger partial charge >= 0.3 is 0 Å². The molecule has 1 aliphatic heterocycles. The van der Waals surface area contributed by atoms with Crippen LogP contribution < -0.4 is 14.9 Å². The van der Waals surface area contributed by atoms with E-state index in [-0.39, 0.29) is 11.7 Å². The highest BCUT2D eigenvalue weighted by atomic mass is 16.6. The van der Waals surface area contributed by atoms with Gasteiger partial charge in [0.2, 0.25) is 0 Å². The summed E-state index contributed by atoms with van der Waals surface area (Å²) < 4.78 is 10.9. The van der Waals surface area contributed by atoms with Crippen LogP contribution in [0.4, 0.5) is 0 Å². The van der Waals surface area contributed by atoms with Crippen molar-refractivity contribution in [1.82, 2.24) is 5.43 Å². The highest BCUT2D eigenvalue weighted by Crippen LogP contribution is 2.30. The molecule has 0 atom stereocenters. The van der Waals surface area contributed by atoms with Crippen molar-refractivity contribution in [1.29, 1.82) is 0 Å². The lowest BCUT2D eigenvalue weighted by Gasteiger charge is -2.18. The van der Waals surface area contributed by atoms with Crippen molar-refractivity contribution in [3.05, 3.63) is 65.7 Å². The van der Waals surface area contributed by atoms with Crippen LogP contribution in [0.1, 0.15) is 15.9 Å². The Labute approximate surface area is 149 Å². The zero-order chi connectivity index (χ0) is 17.9. The Morgan fingerprint density at radius 2 is 1.85 bits per heavy atom. The van der Waals surface area contributed by atoms with E-state index in [9.17, 15) is 9.90 Å². The number of hydrogen-bond donors (Lipinski definition) is 2.